The van der Waals surface area contributed by atoms with Crippen LogP contribution in [0.4, 0.5) is 0 Å². The number of hydrogen-bond acceptors (Lipinski definition) is 1. The standard InChI is InChI=1S/C15H19NO/c1-12(2)15(17)16-10-8-14(9-11-16)13-6-4-3-5-7-13/h3-8,12H,9-11H2,1-2H3. The fraction of sp³-hybridized carbons (Fsp3) is 0.400. The summed E-state index contributed by atoms with van der Waals surface area (Å²) in [5, 5.41) is 0. The largest absolute Gasteiger partial charge is 0.338 e. The van der Waals surface area contributed by atoms with Crippen molar-refractivity contribution in [1.82, 2.24) is 4.90 Å². The highest BCUT2D eigenvalue weighted by Gasteiger charge is 2.19. The van der Waals surface area contributed by atoms with E-state index in [9.17, 15) is 4.79 Å². The summed E-state index contributed by atoms with van der Waals surface area (Å²) in [7, 11) is 0. The van der Waals surface area contributed by atoms with Crippen LogP contribution < -0.4 is 0 Å². The molecule has 2 heteroatoms. The van der Waals surface area contributed by atoms with Gasteiger partial charge in [0.05, 0.1) is 0 Å². The number of carbonyl (C=O) groups excluding carboxylic acids is 1. The molecule has 0 saturated heterocycles. The van der Waals surface area contributed by atoms with Gasteiger partial charge in [-0.25, -0.2) is 0 Å². The zero-order valence-electron chi connectivity index (χ0n) is 10.5. The summed E-state index contributed by atoms with van der Waals surface area (Å²) in [5.74, 6) is 0.357. The Morgan fingerprint density at radius 1 is 1.24 bits per heavy atom. The molecule has 90 valence electrons. The molecule has 0 fully saturated rings. The highest BCUT2D eigenvalue weighted by atomic mass is 16.2. The minimum absolute atomic E-state index is 0.0988. The molecule has 1 aliphatic heterocycles. The predicted octanol–water partition coefficient (Wildman–Crippen LogP) is 2.96. The van der Waals surface area contributed by atoms with Gasteiger partial charge in [-0.05, 0) is 17.6 Å². The van der Waals surface area contributed by atoms with Gasteiger partial charge in [-0.2, -0.15) is 0 Å². The monoisotopic (exact) mass is 229 g/mol. The molecule has 0 unspecified atom stereocenters. The Morgan fingerprint density at radius 2 is 1.94 bits per heavy atom. The topological polar surface area (TPSA) is 20.3 Å². The summed E-state index contributed by atoms with van der Waals surface area (Å²) in [4.78, 5) is 13.8. The average Bonchev–Trinajstić information content (AvgIpc) is 2.39. The first-order valence-electron chi connectivity index (χ1n) is 6.21. The smallest absolute Gasteiger partial charge is 0.225 e. The van der Waals surface area contributed by atoms with Crippen LogP contribution in [-0.2, 0) is 4.79 Å². The summed E-state index contributed by atoms with van der Waals surface area (Å²) < 4.78 is 0. The molecular formula is C15H19NO. The highest BCUT2D eigenvalue weighted by molar-refractivity contribution is 5.79. The third kappa shape index (κ3) is 2.76. The molecule has 0 saturated carbocycles. The first-order chi connectivity index (χ1) is 8.18. The Hall–Kier alpha value is -1.57. The van der Waals surface area contributed by atoms with Gasteiger partial charge in [0.15, 0.2) is 0 Å². The van der Waals surface area contributed by atoms with Crippen molar-refractivity contribution >= 4 is 11.5 Å². The summed E-state index contributed by atoms with van der Waals surface area (Å²) in [5.41, 5.74) is 2.64. The Bertz CT molecular complexity index is 420. The second-order valence-electron chi connectivity index (χ2n) is 4.78. The molecule has 0 spiro atoms. The van der Waals surface area contributed by atoms with E-state index in [1.807, 2.05) is 24.8 Å². The minimum Gasteiger partial charge on any atom is -0.338 e. The maximum absolute atomic E-state index is 11.8. The first-order valence-corrected chi connectivity index (χ1v) is 6.21. The molecule has 0 bridgehead atoms. The van der Waals surface area contributed by atoms with Crippen molar-refractivity contribution in [2.75, 3.05) is 13.1 Å². The molecule has 0 atom stereocenters. The third-order valence-electron chi connectivity index (χ3n) is 3.16. The Labute approximate surface area is 103 Å². The number of carbonyl (C=O) groups is 1. The van der Waals surface area contributed by atoms with Crippen LogP contribution in [0.5, 0.6) is 0 Å². The highest BCUT2D eigenvalue weighted by Crippen LogP contribution is 2.22. The third-order valence-corrected chi connectivity index (χ3v) is 3.16. The lowest BCUT2D eigenvalue weighted by molar-refractivity contribution is -0.134. The summed E-state index contributed by atoms with van der Waals surface area (Å²) in [6.07, 6.45) is 3.14. The Kier molecular flexibility index (Phi) is 3.62. The Balaban J connectivity index is 2.06. The zero-order chi connectivity index (χ0) is 12.3. The lowest BCUT2D eigenvalue weighted by Crippen LogP contribution is -2.37. The molecule has 17 heavy (non-hydrogen) atoms. The molecule has 0 radical (unpaired) electrons. The van der Waals surface area contributed by atoms with Crippen LogP contribution in [0.3, 0.4) is 0 Å². The normalized spacial score (nSPS) is 15.9. The van der Waals surface area contributed by atoms with E-state index in [0.717, 1.165) is 19.5 Å². The van der Waals surface area contributed by atoms with E-state index in [1.165, 1.54) is 11.1 Å². The fourth-order valence-corrected chi connectivity index (χ4v) is 2.15. The maximum atomic E-state index is 11.8. The number of amides is 1. The van der Waals surface area contributed by atoms with E-state index in [2.05, 4.69) is 30.3 Å². The number of hydrogen-bond donors (Lipinski definition) is 0. The van der Waals surface area contributed by atoms with Gasteiger partial charge in [-0.1, -0.05) is 50.3 Å². The van der Waals surface area contributed by atoms with Crippen LogP contribution in [0.1, 0.15) is 25.8 Å². The quantitative estimate of drug-likeness (QED) is 0.763. The van der Waals surface area contributed by atoms with Gasteiger partial charge in [-0.3, -0.25) is 4.79 Å². The van der Waals surface area contributed by atoms with Crippen LogP contribution in [0.15, 0.2) is 36.4 Å². The molecule has 0 N–H and O–H groups in total. The molecule has 1 aliphatic rings. The van der Waals surface area contributed by atoms with Crippen LogP contribution in [0.25, 0.3) is 5.57 Å². The van der Waals surface area contributed by atoms with E-state index >= 15 is 0 Å². The van der Waals surface area contributed by atoms with Gasteiger partial charge in [0, 0.05) is 19.0 Å². The molecule has 0 aliphatic carbocycles. The van der Waals surface area contributed by atoms with Crippen molar-refractivity contribution < 1.29 is 4.79 Å². The van der Waals surface area contributed by atoms with Crippen molar-refractivity contribution in [3.05, 3.63) is 42.0 Å². The van der Waals surface area contributed by atoms with Gasteiger partial charge >= 0.3 is 0 Å². The lowest BCUT2D eigenvalue weighted by atomic mass is 9.99. The fourth-order valence-electron chi connectivity index (χ4n) is 2.15. The van der Waals surface area contributed by atoms with Gasteiger partial charge in [-0.15, -0.1) is 0 Å². The minimum atomic E-state index is 0.0988. The second-order valence-corrected chi connectivity index (χ2v) is 4.78. The zero-order valence-corrected chi connectivity index (χ0v) is 10.5. The van der Waals surface area contributed by atoms with Crippen LogP contribution >= 0.6 is 0 Å². The van der Waals surface area contributed by atoms with E-state index in [1.54, 1.807) is 0 Å². The molecule has 1 heterocycles. The first kappa shape index (κ1) is 11.9. The Morgan fingerprint density at radius 3 is 2.47 bits per heavy atom. The summed E-state index contributed by atoms with van der Waals surface area (Å²) in [6.45, 7) is 5.51. The lowest BCUT2D eigenvalue weighted by Gasteiger charge is -2.28. The van der Waals surface area contributed by atoms with Gasteiger partial charge in [0.2, 0.25) is 5.91 Å². The average molecular weight is 229 g/mol. The van der Waals surface area contributed by atoms with Crippen molar-refractivity contribution in [2.45, 2.75) is 20.3 Å². The van der Waals surface area contributed by atoms with Crippen LogP contribution in [0, 0.1) is 5.92 Å². The second kappa shape index (κ2) is 5.17. The predicted molar refractivity (Wildman–Crippen MR) is 70.5 cm³/mol. The molecule has 1 aromatic carbocycles. The van der Waals surface area contributed by atoms with E-state index < -0.39 is 0 Å². The molecular weight excluding hydrogens is 210 g/mol. The van der Waals surface area contributed by atoms with E-state index in [0.29, 0.717) is 0 Å². The van der Waals surface area contributed by atoms with E-state index in [4.69, 9.17) is 0 Å². The molecule has 2 rings (SSSR count). The van der Waals surface area contributed by atoms with Crippen LogP contribution in [-0.4, -0.2) is 23.9 Å². The van der Waals surface area contributed by atoms with Gasteiger partial charge < -0.3 is 4.90 Å². The molecule has 1 aromatic rings. The summed E-state index contributed by atoms with van der Waals surface area (Å²) >= 11 is 0. The van der Waals surface area contributed by atoms with Gasteiger partial charge in [0.1, 0.15) is 0 Å². The number of nitrogens with zero attached hydrogens (tertiary/aromatic N) is 1. The number of benzene rings is 1. The molecule has 2 nitrogen and oxygen atoms in total. The summed E-state index contributed by atoms with van der Waals surface area (Å²) in [6, 6.07) is 10.4. The van der Waals surface area contributed by atoms with Crippen molar-refractivity contribution in [3.8, 4) is 0 Å². The molecule has 1 amide bonds. The SMILES string of the molecule is CC(C)C(=O)N1CC=C(c2ccccc2)CC1. The van der Waals surface area contributed by atoms with E-state index in [-0.39, 0.29) is 11.8 Å². The van der Waals surface area contributed by atoms with Gasteiger partial charge in [0.25, 0.3) is 0 Å². The maximum Gasteiger partial charge on any atom is 0.225 e. The number of rotatable bonds is 2. The molecule has 0 aromatic heterocycles. The van der Waals surface area contributed by atoms with Crippen molar-refractivity contribution in [3.63, 3.8) is 0 Å². The van der Waals surface area contributed by atoms with Crippen molar-refractivity contribution in [1.29, 1.82) is 0 Å². The van der Waals surface area contributed by atoms with Crippen LogP contribution in [0.2, 0.25) is 0 Å². The van der Waals surface area contributed by atoms with Crippen molar-refractivity contribution in [2.24, 2.45) is 5.92 Å².